The van der Waals surface area contributed by atoms with Crippen LogP contribution in [0.25, 0.3) is 0 Å². The second-order valence-corrected chi connectivity index (χ2v) is 7.16. The highest BCUT2D eigenvalue weighted by molar-refractivity contribution is 9.11. The summed E-state index contributed by atoms with van der Waals surface area (Å²) in [7, 11) is 0. The van der Waals surface area contributed by atoms with E-state index in [1.54, 1.807) is 0 Å². The number of phenols is 1. The van der Waals surface area contributed by atoms with E-state index < -0.39 is 0 Å². The lowest BCUT2D eigenvalue weighted by Gasteiger charge is -2.25. The second-order valence-electron chi connectivity index (χ2n) is 5.45. The van der Waals surface area contributed by atoms with Gasteiger partial charge in [0.25, 0.3) is 0 Å². The Kier molecular flexibility index (Phi) is 4.67. The molecule has 0 aliphatic carbocycles. The molecule has 21 heavy (non-hydrogen) atoms. The molecular formula is C17H17Br2NO. The maximum Gasteiger partial charge on any atom is 0.143 e. The van der Waals surface area contributed by atoms with Gasteiger partial charge in [-0.25, -0.2) is 0 Å². The molecule has 2 aromatic rings. The Hall–Kier alpha value is -0.840. The van der Waals surface area contributed by atoms with Crippen LogP contribution >= 0.6 is 31.9 Å². The Morgan fingerprint density at radius 2 is 1.76 bits per heavy atom. The molecule has 1 aliphatic rings. The lowest BCUT2D eigenvalue weighted by Crippen LogP contribution is -2.22. The summed E-state index contributed by atoms with van der Waals surface area (Å²) in [5.74, 6) is 0.264. The fraction of sp³-hybridized carbons (Fsp3) is 0.294. The lowest BCUT2D eigenvalue weighted by atomic mass is 10.0. The summed E-state index contributed by atoms with van der Waals surface area (Å²) in [6.07, 6.45) is 2.45. The average Bonchev–Trinajstić information content (AvgIpc) is 2.94. The Morgan fingerprint density at radius 1 is 1.10 bits per heavy atom. The van der Waals surface area contributed by atoms with E-state index in [-0.39, 0.29) is 5.75 Å². The van der Waals surface area contributed by atoms with Crippen LogP contribution in [0.5, 0.6) is 5.75 Å². The number of hydrogen-bond donors (Lipinski definition) is 1. The molecule has 0 aromatic heterocycles. The van der Waals surface area contributed by atoms with Gasteiger partial charge in [-0.05, 0) is 74.5 Å². The molecule has 0 bridgehead atoms. The van der Waals surface area contributed by atoms with Crippen molar-refractivity contribution in [1.29, 1.82) is 0 Å². The molecule has 2 aromatic carbocycles. The van der Waals surface area contributed by atoms with Crippen LogP contribution in [0.1, 0.15) is 30.0 Å². The molecule has 0 saturated carbocycles. The highest BCUT2D eigenvalue weighted by Gasteiger charge is 2.26. The van der Waals surface area contributed by atoms with Crippen LogP contribution < -0.4 is 0 Å². The molecular weight excluding hydrogens is 394 g/mol. The number of hydrogen-bond acceptors (Lipinski definition) is 2. The number of likely N-dealkylation sites (tertiary alicyclic amines) is 1. The van der Waals surface area contributed by atoms with Crippen molar-refractivity contribution in [2.24, 2.45) is 0 Å². The Morgan fingerprint density at radius 3 is 2.43 bits per heavy atom. The third-order valence-corrected chi connectivity index (χ3v) is 5.22. The standard InChI is InChI=1S/C17H17Br2NO/c18-14-9-12(10-15(19)17(14)21)11-20-8-4-7-16(20)13-5-2-1-3-6-13/h1-3,5-6,9-10,16,21H,4,7-8,11H2. The van der Waals surface area contributed by atoms with Gasteiger partial charge < -0.3 is 5.11 Å². The first-order valence-corrected chi connectivity index (χ1v) is 8.69. The predicted molar refractivity (Wildman–Crippen MR) is 92.3 cm³/mol. The molecule has 110 valence electrons. The average molecular weight is 411 g/mol. The summed E-state index contributed by atoms with van der Waals surface area (Å²) in [6, 6.07) is 15.2. The van der Waals surface area contributed by atoms with Gasteiger partial charge in [0.15, 0.2) is 0 Å². The zero-order valence-electron chi connectivity index (χ0n) is 11.6. The first kappa shape index (κ1) is 15.1. The molecule has 0 radical (unpaired) electrons. The van der Waals surface area contributed by atoms with E-state index in [4.69, 9.17) is 0 Å². The first-order chi connectivity index (χ1) is 10.1. The topological polar surface area (TPSA) is 23.5 Å². The van der Waals surface area contributed by atoms with Crippen molar-refractivity contribution in [3.63, 3.8) is 0 Å². The largest absolute Gasteiger partial charge is 0.506 e. The molecule has 4 heteroatoms. The summed E-state index contributed by atoms with van der Waals surface area (Å²) >= 11 is 6.82. The highest BCUT2D eigenvalue weighted by Crippen LogP contribution is 2.36. The highest BCUT2D eigenvalue weighted by atomic mass is 79.9. The summed E-state index contributed by atoms with van der Waals surface area (Å²) in [4.78, 5) is 2.51. The van der Waals surface area contributed by atoms with Crippen LogP contribution in [0.3, 0.4) is 0 Å². The maximum atomic E-state index is 9.81. The summed E-state index contributed by atoms with van der Waals surface area (Å²) in [6.45, 7) is 2.02. The molecule has 0 spiro atoms. The van der Waals surface area contributed by atoms with E-state index in [1.807, 2.05) is 12.1 Å². The quantitative estimate of drug-likeness (QED) is 0.746. The minimum Gasteiger partial charge on any atom is -0.506 e. The number of phenolic OH excluding ortho intramolecular Hbond substituents is 1. The van der Waals surface area contributed by atoms with Gasteiger partial charge in [0, 0.05) is 12.6 Å². The summed E-state index contributed by atoms with van der Waals surface area (Å²) < 4.78 is 1.48. The molecule has 1 aliphatic heterocycles. The molecule has 1 saturated heterocycles. The van der Waals surface area contributed by atoms with Crippen molar-refractivity contribution >= 4 is 31.9 Å². The fourth-order valence-corrected chi connectivity index (χ4v) is 4.29. The molecule has 1 fully saturated rings. The molecule has 2 nitrogen and oxygen atoms in total. The van der Waals surface area contributed by atoms with Crippen LogP contribution in [0.15, 0.2) is 51.4 Å². The third-order valence-electron chi connectivity index (χ3n) is 4.01. The number of aromatic hydroxyl groups is 1. The number of halogens is 2. The normalized spacial score (nSPS) is 19.0. The predicted octanol–water partition coefficient (Wildman–Crippen LogP) is 5.25. The van der Waals surface area contributed by atoms with Crippen molar-refractivity contribution < 1.29 is 5.11 Å². The van der Waals surface area contributed by atoms with Gasteiger partial charge in [-0.2, -0.15) is 0 Å². The smallest absolute Gasteiger partial charge is 0.143 e. The number of nitrogens with zero attached hydrogens (tertiary/aromatic N) is 1. The molecule has 3 rings (SSSR count). The second kappa shape index (κ2) is 6.51. The van der Waals surface area contributed by atoms with E-state index in [9.17, 15) is 5.11 Å². The number of rotatable bonds is 3. The summed E-state index contributed by atoms with van der Waals surface area (Å²) in [5, 5.41) is 9.81. The van der Waals surface area contributed by atoms with Gasteiger partial charge in [0.1, 0.15) is 5.75 Å². The SMILES string of the molecule is Oc1c(Br)cc(CN2CCCC2c2ccccc2)cc1Br. The van der Waals surface area contributed by atoms with E-state index in [2.05, 4.69) is 67.1 Å². The maximum absolute atomic E-state index is 9.81. The van der Waals surface area contributed by atoms with Gasteiger partial charge in [0.2, 0.25) is 0 Å². The van der Waals surface area contributed by atoms with Crippen molar-refractivity contribution in [3.8, 4) is 5.75 Å². The Bertz CT molecular complexity index is 607. The third kappa shape index (κ3) is 3.33. The monoisotopic (exact) mass is 409 g/mol. The Balaban J connectivity index is 1.81. The van der Waals surface area contributed by atoms with E-state index in [0.29, 0.717) is 6.04 Å². The van der Waals surface area contributed by atoms with E-state index in [1.165, 1.54) is 24.0 Å². The van der Waals surface area contributed by atoms with Crippen molar-refractivity contribution in [1.82, 2.24) is 4.90 Å². The molecule has 1 N–H and O–H groups in total. The minimum absolute atomic E-state index is 0.264. The molecule has 0 amide bonds. The van der Waals surface area contributed by atoms with Gasteiger partial charge in [0.05, 0.1) is 8.95 Å². The first-order valence-electron chi connectivity index (χ1n) is 7.11. The fourth-order valence-electron chi connectivity index (χ4n) is 3.01. The van der Waals surface area contributed by atoms with Crippen molar-refractivity contribution in [2.45, 2.75) is 25.4 Å². The van der Waals surface area contributed by atoms with Crippen LogP contribution in [-0.4, -0.2) is 16.6 Å². The number of benzene rings is 2. The minimum atomic E-state index is 0.264. The van der Waals surface area contributed by atoms with Gasteiger partial charge in [-0.15, -0.1) is 0 Å². The van der Waals surface area contributed by atoms with Crippen molar-refractivity contribution in [3.05, 3.63) is 62.5 Å². The van der Waals surface area contributed by atoms with E-state index >= 15 is 0 Å². The van der Waals surface area contributed by atoms with Gasteiger partial charge in [-0.3, -0.25) is 4.90 Å². The van der Waals surface area contributed by atoms with Crippen molar-refractivity contribution in [2.75, 3.05) is 6.54 Å². The van der Waals surface area contributed by atoms with Crippen LogP contribution in [0, 0.1) is 0 Å². The van der Waals surface area contributed by atoms with Crippen LogP contribution in [0.2, 0.25) is 0 Å². The molecule has 1 heterocycles. The zero-order valence-corrected chi connectivity index (χ0v) is 14.8. The van der Waals surface area contributed by atoms with Crippen LogP contribution in [0.4, 0.5) is 0 Å². The Labute approximate surface area is 142 Å². The van der Waals surface area contributed by atoms with Gasteiger partial charge >= 0.3 is 0 Å². The van der Waals surface area contributed by atoms with Crippen LogP contribution in [-0.2, 0) is 6.54 Å². The molecule has 1 atom stereocenters. The zero-order chi connectivity index (χ0) is 14.8. The van der Waals surface area contributed by atoms with E-state index in [0.717, 1.165) is 22.0 Å². The lowest BCUT2D eigenvalue weighted by molar-refractivity contribution is 0.248. The summed E-state index contributed by atoms with van der Waals surface area (Å²) in [5.41, 5.74) is 2.60. The van der Waals surface area contributed by atoms with Gasteiger partial charge in [-0.1, -0.05) is 30.3 Å². The molecule has 1 unspecified atom stereocenters.